The first-order valence-corrected chi connectivity index (χ1v) is 13.7. The molecule has 4 nitrogen and oxygen atoms in total. The van der Waals surface area contributed by atoms with Crippen LogP contribution < -0.4 is 4.74 Å². The third kappa shape index (κ3) is 4.10. The van der Waals surface area contributed by atoms with Gasteiger partial charge in [-0.15, -0.1) is 5.54 Å². The molecule has 0 N–H and O–H groups in total. The molecule has 0 aliphatic carbocycles. The standard InChI is InChI=1S/C25H26N2O2Si/c1-29-20-9-5-8-19(15-20)23-16-24-22-10-6-7-18(12-14-30(2,3)4)21(22)11-13-27(24)25(28)17-26-23/h5-10,15-16H,11,13,17H2,1-4H3. The minimum atomic E-state index is -1.47. The fourth-order valence-corrected chi connectivity index (χ4v) is 4.25. The van der Waals surface area contributed by atoms with E-state index in [1.54, 1.807) is 7.11 Å². The summed E-state index contributed by atoms with van der Waals surface area (Å²) in [6, 6.07) is 14.0. The second kappa shape index (κ2) is 7.96. The minimum absolute atomic E-state index is 0.0309. The normalized spacial score (nSPS) is 15.7. The Hall–Kier alpha value is -3.10. The van der Waals surface area contributed by atoms with Crippen molar-refractivity contribution >= 4 is 25.4 Å². The molecule has 0 fully saturated rings. The Morgan fingerprint density at radius 1 is 1.13 bits per heavy atom. The third-order valence-electron chi connectivity index (χ3n) is 5.23. The number of benzene rings is 2. The van der Waals surface area contributed by atoms with Gasteiger partial charge in [-0.25, -0.2) is 0 Å². The largest absolute Gasteiger partial charge is 0.497 e. The van der Waals surface area contributed by atoms with E-state index in [-0.39, 0.29) is 12.5 Å². The number of aliphatic imine (C=N–C) groups is 1. The highest BCUT2D eigenvalue weighted by Crippen LogP contribution is 2.32. The van der Waals surface area contributed by atoms with E-state index in [0.717, 1.165) is 40.3 Å². The highest BCUT2D eigenvalue weighted by molar-refractivity contribution is 6.83. The number of methoxy groups -OCH3 is 1. The maximum Gasteiger partial charge on any atom is 0.248 e. The summed E-state index contributed by atoms with van der Waals surface area (Å²) < 4.78 is 5.37. The summed E-state index contributed by atoms with van der Waals surface area (Å²) in [5, 5.41) is 0. The maximum atomic E-state index is 12.8. The number of carbonyl (C=O) groups is 1. The number of nitrogens with zero attached hydrogens (tertiary/aromatic N) is 2. The maximum absolute atomic E-state index is 12.8. The number of ether oxygens (including phenoxy) is 1. The zero-order valence-electron chi connectivity index (χ0n) is 18.0. The SMILES string of the molecule is COc1cccc(C2=NCC(=O)N3CCc4c(C#C[Si](C)(C)C)cccc4C3=C2)c1. The van der Waals surface area contributed by atoms with Crippen LogP contribution in [0.25, 0.3) is 5.70 Å². The number of allylic oxidation sites excluding steroid dienone is 1. The predicted octanol–water partition coefficient (Wildman–Crippen LogP) is 4.15. The highest BCUT2D eigenvalue weighted by atomic mass is 28.3. The molecule has 2 aromatic carbocycles. The summed E-state index contributed by atoms with van der Waals surface area (Å²) in [4.78, 5) is 19.3. The van der Waals surface area contributed by atoms with Crippen LogP contribution >= 0.6 is 0 Å². The first-order chi connectivity index (χ1) is 14.4. The Balaban J connectivity index is 1.83. The number of rotatable bonds is 2. The molecule has 0 spiro atoms. The molecule has 0 bridgehead atoms. The fraction of sp³-hybridized carbons (Fsp3) is 0.280. The van der Waals surface area contributed by atoms with E-state index in [1.165, 1.54) is 5.56 Å². The van der Waals surface area contributed by atoms with Crippen LogP contribution in [0.2, 0.25) is 19.6 Å². The van der Waals surface area contributed by atoms with Gasteiger partial charge in [0.05, 0.1) is 18.5 Å². The summed E-state index contributed by atoms with van der Waals surface area (Å²) in [6.07, 6.45) is 2.84. The fourth-order valence-electron chi connectivity index (χ4n) is 3.74. The zero-order chi connectivity index (χ0) is 21.3. The number of hydrogen-bond donors (Lipinski definition) is 0. The molecule has 0 saturated carbocycles. The summed E-state index contributed by atoms with van der Waals surface area (Å²) in [5.41, 5.74) is 9.52. The van der Waals surface area contributed by atoms with Gasteiger partial charge < -0.3 is 9.64 Å². The van der Waals surface area contributed by atoms with Gasteiger partial charge in [-0.1, -0.05) is 49.8 Å². The number of fused-ring (bicyclic) bond motifs is 3. The van der Waals surface area contributed by atoms with Gasteiger partial charge in [0.1, 0.15) is 20.4 Å². The monoisotopic (exact) mass is 414 g/mol. The van der Waals surface area contributed by atoms with Gasteiger partial charge in [0.2, 0.25) is 5.91 Å². The van der Waals surface area contributed by atoms with E-state index in [4.69, 9.17) is 4.74 Å². The van der Waals surface area contributed by atoms with Crippen molar-refractivity contribution in [1.29, 1.82) is 0 Å². The topological polar surface area (TPSA) is 41.9 Å². The van der Waals surface area contributed by atoms with Gasteiger partial charge in [-0.05, 0) is 36.3 Å². The summed E-state index contributed by atoms with van der Waals surface area (Å²) in [6.45, 7) is 7.56. The Morgan fingerprint density at radius 3 is 2.70 bits per heavy atom. The second-order valence-electron chi connectivity index (χ2n) is 8.59. The van der Waals surface area contributed by atoms with E-state index >= 15 is 0 Å². The van der Waals surface area contributed by atoms with Crippen LogP contribution in [0, 0.1) is 11.5 Å². The molecule has 2 heterocycles. The molecule has 5 heteroatoms. The van der Waals surface area contributed by atoms with E-state index in [9.17, 15) is 4.79 Å². The van der Waals surface area contributed by atoms with Crippen molar-refractivity contribution in [1.82, 2.24) is 4.90 Å². The number of hydrogen-bond acceptors (Lipinski definition) is 3. The van der Waals surface area contributed by atoms with Crippen LogP contribution in [-0.2, 0) is 11.2 Å². The van der Waals surface area contributed by atoms with Gasteiger partial charge in [0.15, 0.2) is 0 Å². The van der Waals surface area contributed by atoms with Crippen LogP contribution in [0.5, 0.6) is 5.75 Å². The van der Waals surface area contributed by atoms with E-state index in [2.05, 4.69) is 48.2 Å². The molecule has 0 atom stereocenters. The molecular weight excluding hydrogens is 388 g/mol. The zero-order valence-corrected chi connectivity index (χ0v) is 19.0. The van der Waals surface area contributed by atoms with Crippen molar-refractivity contribution in [2.75, 3.05) is 20.2 Å². The molecule has 30 heavy (non-hydrogen) atoms. The molecule has 0 radical (unpaired) electrons. The third-order valence-corrected chi connectivity index (χ3v) is 6.10. The van der Waals surface area contributed by atoms with Gasteiger partial charge in [-0.3, -0.25) is 9.79 Å². The highest BCUT2D eigenvalue weighted by Gasteiger charge is 2.29. The lowest BCUT2D eigenvalue weighted by atomic mass is 9.91. The Kier molecular flexibility index (Phi) is 5.36. The van der Waals surface area contributed by atoms with E-state index < -0.39 is 8.07 Å². The molecule has 2 aliphatic rings. The molecule has 2 aromatic rings. The predicted molar refractivity (Wildman–Crippen MR) is 124 cm³/mol. The summed E-state index contributed by atoms with van der Waals surface area (Å²) in [7, 11) is 0.177. The molecule has 0 aromatic heterocycles. The van der Waals surface area contributed by atoms with Crippen molar-refractivity contribution < 1.29 is 9.53 Å². The smallest absolute Gasteiger partial charge is 0.248 e. The van der Waals surface area contributed by atoms with Crippen LogP contribution in [0.1, 0.15) is 22.3 Å². The molecule has 0 unspecified atom stereocenters. The van der Waals surface area contributed by atoms with Crippen LogP contribution in [-0.4, -0.2) is 44.8 Å². The minimum Gasteiger partial charge on any atom is -0.497 e. The first-order valence-electron chi connectivity index (χ1n) is 10.2. The van der Waals surface area contributed by atoms with Crippen molar-refractivity contribution in [2.45, 2.75) is 26.1 Å². The van der Waals surface area contributed by atoms with E-state index in [1.807, 2.05) is 41.3 Å². The Bertz CT molecular complexity index is 1130. The molecule has 152 valence electrons. The molecule has 0 saturated heterocycles. The van der Waals surface area contributed by atoms with Crippen LogP contribution in [0.4, 0.5) is 0 Å². The van der Waals surface area contributed by atoms with Crippen molar-refractivity contribution in [3.05, 3.63) is 70.8 Å². The van der Waals surface area contributed by atoms with Gasteiger partial charge in [0, 0.05) is 23.2 Å². The van der Waals surface area contributed by atoms with Crippen molar-refractivity contribution in [3.63, 3.8) is 0 Å². The molecule has 2 aliphatic heterocycles. The Labute approximate surface area is 179 Å². The van der Waals surface area contributed by atoms with Crippen molar-refractivity contribution in [2.24, 2.45) is 4.99 Å². The van der Waals surface area contributed by atoms with Crippen molar-refractivity contribution in [3.8, 4) is 17.2 Å². The average Bonchev–Trinajstić information content (AvgIpc) is 2.91. The average molecular weight is 415 g/mol. The summed E-state index contributed by atoms with van der Waals surface area (Å²) >= 11 is 0. The van der Waals surface area contributed by atoms with Gasteiger partial charge in [-0.2, -0.15) is 0 Å². The molecule has 1 amide bonds. The van der Waals surface area contributed by atoms with E-state index in [0.29, 0.717) is 6.54 Å². The second-order valence-corrected chi connectivity index (χ2v) is 13.3. The lowest BCUT2D eigenvalue weighted by molar-refractivity contribution is -0.126. The lowest BCUT2D eigenvalue weighted by Crippen LogP contribution is -2.36. The number of carbonyl (C=O) groups excluding carboxylic acids is 1. The van der Waals surface area contributed by atoms with Gasteiger partial charge in [0.25, 0.3) is 0 Å². The Morgan fingerprint density at radius 2 is 1.93 bits per heavy atom. The van der Waals surface area contributed by atoms with Crippen LogP contribution in [0.15, 0.2) is 53.5 Å². The number of amides is 1. The molecule has 4 rings (SSSR count). The quantitative estimate of drug-likeness (QED) is 0.547. The van der Waals surface area contributed by atoms with Crippen LogP contribution in [0.3, 0.4) is 0 Å². The first kappa shape index (κ1) is 20.2. The summed E-state index contributed by atoms with van der Waals surface area (Å²) in [5.74, 6) is 4.23. The lowest BCUT2D eigenvalue weighted by Gasteiger charge is -2.31. The van der Waals surface area contributed by atoms with Gasteiger partial charge >= 0.3 is 0 Å². The molecular formula is C25H26N2O2Si.